The quantitative estimate of drug-likeness (QED) is 0.124. The number of nitrogens with zero attached hydrogens (tertiary/aromatic N) is 5. The number of halogens is 2. The Morgan fingerprint density at radius 2 is 1.82 bits per heavy atom. The molecule has 13 heteroatoms. The van der Waals surface area contributed by atoms with Crippen molar-refractivity contribution in [2.24, 2.45) is 5.92 Å². The van der Waals surface area contributed by atoms with Crippen molar-refractivity contribution in [2.75, 3.05) is 32.1 Å². The third kappa shape index (κ3) is 7.66. The van der Waals surface area contributed by atoms with E-state index in [1.807, 2.05) is 55.5 Å². The summed E-state index contributed by atoms with van der Waals surface area (Å²) in [6, 6.07) is 18.2. The topological polar surface area (TPSA) is 128 Å². The van der Waals surface area contributed by atoms with E-state index in [4.69, 9.17) is 37.9 Å². The molecule has 7 rings (SSSR count). The Kier molecular flexibility index (Phi) is 10.7. The number of methoxy groups -OCH3 is 1. The van der Waals surface area contributed by atoms with Crippen LogP contribution in [0, 0.1) is 24.2 Å². The van der Waals surface area contributed by atoms with Crippen molar-refractivity contribution in [3.8, 4) is 34.3 Å². The van der Waals surface area contributed by atoms with E-state index in [0.29, 0.717) is 52.6 Å². The summed E-state index contributed by atoms with van der Waals surface area (Å²) in [5.74, 6) is 1.41. The highest BCUT2D eigenvalue weighted by Crippen LogP contribution is 2.42. The zero-order valence-electron chi connectivity index (χ0n) is 28.4. The first-order chi connectivity index (χ1) is 24.8. The van der Waals surface area contributed by atoms with Gasteiger partial charge in [-0.3, -0.25) is 9.69 Å². The lowest BCUT2D eigenvalue weighted by Gasteiger charge is -2.27. The van der Waals surface area contributed by atoms with Crippen LogP contribution in [0.1, 0.15) is 41.8 Å². The second kappa shape index (κ2) is 15.5. The fourth-order valence-electron chi connectivity index (χ4n) is 6.77. The van der Waals surface area contributed by atoms with E-state index in [0.717, 1.165) is 81.9 Å². The molecule has 3 N–H and O–H groups in total. The lowest BCUT2D eigenvalue weighted by Crippen LogP contribution is -2.35. The van der Waals surface area contributed by atoms with Gasteiger partial charge < -0.3 is 20.7 Å². The highest BCUT2D eigenvalue weighted by Gasteiger charge is 2.23. The van der Waals surface area contributed by atoms with Crippen molar-refractivity contribution in [3.05, 3.63) is 80.9 Å². The largest absolute Gasteiger partial charge is 0.481 e. The van der Waals surface area contributed by atoms with Gasteiger partial charge in [-0.15, -0.1) is 11.3 Å². The Morgan fingerprint density at radius 3 is 2.57 bits per heavy atom. The predicted octanol–water partition coefficient (Wildman–Crippen LogP) is 7.89. The maximum Gasteiger partial charge on any atom is 0.220 e. The first-order valence-electron chi connectivity index (χ1n) is 17.1. The zero-order chi connectivity index (χ0) is 35.5. The molecule has 0 unspecified atom stereocenters. The van der Waals surface area contributed by atoms with Gasteiger partial charge in [0.25, 0.3) is 0 Å². The normalized spacial score (nSPS) is 16.7. The Hall–Kier alpha value is -4.31. The number of fused-ring (bicyclic) bond motifs is 1. The molecule has 2 aliphatic rings. The van der Waals surface area contributed by atoms with Crippen LogP contribution in [0.25, 0.3) is 32.6 Å². The summed E-state index contributed by atoms with van der Waals surface area (Å²) in [5.41, 5.74) is 6.45. The standard InChI is InChI=1S/C38H38Cl2N8O2S/c1-22-17-30(46-38(50-2)28(22)20-42-19-24-9-10-32(49)44-24)27-7-3-5-25(34(27)39)26-6-4-8-29(35(26)40)45-37-36-31(11-14-43-37)51-33(47-36)21-48-15-12-23(18-41)13-16-48/h3-8,11,14,17,23-24,42H,9-10,12-13,15-16,19-21H2,1-2H3,(H,43,45)(H,44,49)/t24-/m0/s1. The van der Waals surface area contributed by atoms with E-state index in [9.17, 15) is 10.1 Å². The minimum Gasteiger partial charge on any atom is -0.481 e. The van der Waals surface area contributed by atoms with Crippen LogP contribution in [0.2, 0.25) is 10.0 Å². The van der Waals surface area contributed by atoms with Gasteiger partial charge in [0.2, 0.25) is 11.8 Å². The SMILES string of the molecule is COc1nc(-c2cccc(-c3cccc(Nc4nccc5sc(CN6CCC(C#N)CC6)nc45)c3Cl)c2Cl)cc(C)c1CNC[C@@H]1CCC(=O)N1. The molecule has 0 bridgehead atoms. The number of pyridine rings is 2. The molecule has 5 aromatic rings. The summed E-state index contributed by atoms with van der Waals surface area (Å²) in [7, 11) is 1.62. The second-order valence-electron chi connectivity index (χ2n) is 13.0. The van der Waals surface area contributed by atoms with Gasteiger partial charge in [-0.2, -0.15) is 5.26 Å². The first kappa shape index (κ1) is 35.1. The van der Waals surface area contributed by atoms with Gasteiger partial charge >= 0.3 is 0 Å². The van der Waals surface area contributed by atoms with Crippen LogP contribution >= 0.6 is 34.5 Å². The van der Waals surface area contributed by atoms with Crippen molar-refractivity contribution < 1.29 is 9.53 Å². The van der Waals surface area contributed by atoms with E-state index in [2.05, 4.69) is 31.9 Å². The molecule has 10 nitrogen and oxygen atoms in total. The highest BCUT2D eigenvalue weighted by molar-refractivity contribution is 7.18. The lowest BCUT2D eigenvalue weighted by atomic mass is 9.99. The number of benzene rings is 2. The second-order valence-corrected chi connectivity index (χ2v) is 14.9. The summed E-state index contributed by atoms with van der Waals surface area (Å²) in [6.07, 6.45) is 4.99. The minimum atomic E-state index is 0.102. The summed E-state index contributed by atoms with van der Waals surface area (Å²) in [4.78, 5) is 28.4. The highest BCUT2D eigenvalue weighted by atomic mass is 35.5. The number of hydrogen-bond acceptors (Lipinski definition) is 10. The number of piperidine rings is 1. The van der Waals surface area contributed by atoms with Gasteiger partial charge in [-0.25, -0.2) is 15.0 Å². The molecule has 262 valence electrons. The van der Waals surface area contributed by atoms with Crippen LogP contribution < -0.4 is 20.7 Å². The first-order valence-corrected chi connectivity index (χ1v) is 18.6. The molecule has 0 radical (unpaired) electrons. The van der Waals surface area contributed by atoms with Gasteiger partial charge in [0, 0.05) is 59.9 Å². The number of hydrogen-bond donors (Lipinski definition) is 3. The fourth-order valence-corrected chi connectivity index (χ4v) is 8.37. The number of nitrogens with one attached hydrogen (secondary N) is 3. The molecular weight excluding hydrogens is 703 g/mol. The predicted molar refractivity (Wildman–Crippen MR) is 204 cm³/mol. The van der Waals surface area contributed by atoms with Crippen molar-refractivity contribution in [1.82, 2.24) is 30.5 Å². The van der Waals surface area contributed by atoms with Crippen LogP contribution in [0.3, 0.4) is 0 Å². The summed E-state index contributed by atoms with van der Waals surface area (Å²) in [5, 5.41) is 21.2. The van der Waals surface area contributed by atoms with E-state index in [-0.39, 0.29) is 17.9 Å². The molecule has 1 atom stereocenters. The summed E-state index contributed by atoms with van der Waals surface area (Å²) >= 11 is 15.9. The van der Waals surface area contributed by atoms with E-state index < -0.39 is 0 Å². The van der Waals surface area contributed by atoms with Crippen molar-refractivity contribution in [2.45, 2.75) is 51.7 Å². The third-order valence-electron chi connectivity index (χ3n) is 9.58. The molecule has 0 aliphatic carbocycles. The van der Waals surface area contributed by atoms with Crippen molar-refractivity contribution in [1.29, 1.82) is 5.26 Å². The summed E-state index contributed by atoms with van der Waals surface area (Å²) in [6.45, 7) is 5.83. The average Bonchev–Trinajstić information content (AvgIpc) is 3.75. The number of amides is 1. The molecule has 0 spiro atoms. The molecular formula is C38H38Cl2N8O2S. The van der Waals surface area contributed by atoms with Gasteiger partial charge in [0.05, 0.1) is 45.9 Å². The van der Waals surface area contributed by atoms with E-state index in [1.54, 1.807) is 24.6 Å². The maximum absolute atomic E-state index is 11.6. The van der Waals surface area contributed by atoms with Crippen LogP contribution in [-0.2, 0) is 17.9 Å². The average molecular weight is 742 g/mol. The summed E-state index contributed by atoms with van der Waals surface area (Å²) < 4.78 is 6.78. The van der Waals surface area contributed by atoms with Crippen LogP contribution in [0.4, 0.5) is 11.5 Å². The smallest absolute Gasteiger partial charge is 0.220 e. The number of rotatable bonds is 11. The minimum absolute atomic E-state index is 0.102. The number of carbonyl (C=O) groups excluding carboxylic acids is 1. The van der Waals surface area contributed by atoms with Gasteiger partial charge in [-0.1, -0.05) is 53.5 Å². The molecule has 0 saturated carbocycles. The number of anilines is 2. The Bertz CT molecular complexity index is 2130. The van der Waals surface area contributed by atoms with Gasteiger partial charge in [-0.05, 0) is 63.0 Å². The number of carbonyl (C=O) groups is 1. The molecule has 51 heavy (non-hydrogen) atoms. The third-order valence-corrected chi connectivity index (χ3v) is 11.4. The number of aryl methyl sites for hydroxylation is 1. The van der Waals surface area contributed by atoms with Gasteiger partial charge in [0.1, 0.15) is 10.5 Å². The van der Waals surface area contributed by atoms with Crippen molar-refractivity contribution in [3.63, 3.8) is 0 Å². The van der Waals surface area contributed by atoms with Gasteiger partial charge in [0.15, 0.2) is 5.82 Å². The van der Waals surface area contributed by atoms with Crippen molar-refractivity contribution >= 4 is 62.2 Å². The molecule has 5 heterocycles. The zero-order valence-corrected chi connectivity index (χ0v) is 30.8. The van der Waals surface area contributed by atoms with E-state index >= 15 is 0 Å². The number of likely N-dealkylation sites (tertiary alicyclic amines) is 1. The molecule has 2 aliphatic heterocycles. The van der Waals surface area contributed by atoms with Crippen LogP contribution in [0.5, 0.6) is 5.88 Å². The lowest BCUT2D eigenvalue weighted by molar-refractivity contribution is -0.119. The molecule has 2 fully saturated rings. The number of thiazole rings is 1. The molecule has 3 aromatic heterocycles. The monoisotopic (exact) mass is 740 g/mol. The number of ether oxygens (including phenoxy) is 1. The number of aromatic nitrogens is 3. The molecule has 2 saturated heterocycles. The molecule has 2 aromatic carbocycles. The van der Waals surface area contributed by atoms with E-state index in [1.165, 1.54) is 0 Å². The fraction of sp³-hybridized carbons (Fsp3) is 0.342. The van der Waals surface area contributed by atoms with Crippen LogP contribution in [-0.4, -0.2) is 58.5 Å². The molecule has 1 amide bonds. The van der Waals surface area contributed by atoms with Crippen LogP contribution in [0.15, 0.2) is 54.7 Å². The maximum atomic E-state index is 11.6. The Labute approximate surface area is 311 Å². The Morgan fingerprint density at radius 1 is 1.06 bits per heavy atom. The Balaban J connectivity index is 1.11. The number of nitriles is 1.